The lowest BCUT2D eigenvalue weighted by atomic mass is 10.1. The lowest BCUT2D eigenvalue weighted by molar-refractivity contribution is -0.777. The number of imidazole rings is 1. The number of aromatic nitrogens is 3. The Kier molecular flexibility index (Phi) is 10.6. The Hall–Kier alpha value is -4.73. The summed E-state index contributed by atoms with van der Waals surface area (Å²) in [4.78, 5) is 47.7. The van der Waals surface area contributed by atoms with E-state index in [0.29, 0.717) is 28.2 Å². The van der Waals surface area contributed by atoms with Crippen molar-refractivity contribution in [1.29, 1.82) is 0 Å². The van der Waals surface area contributed by atoms with Gasteiger partial charge in [-0.05, 0) is 45.1 Å². The maximum atomic E-state index is 13.5. The SMILES string of the molecule is COc1ccc2c(c1)nc(S(=O)Cc1ncc(C)c(OC)c1C)n2C(=O)OC/C=C\COC(=O)OC(C)O[N+](=O)[O-]. The number of rotatable bonds is 12. The highest BCUT2D eigenvalue weighted by Gasteiger charge is 2.24. The van der Waals surface area contributed by atoms with Crippen molar-refractivity contribution in [3.05, 3.63) is 63.5 Å². The van der Waals surface area contributed by atoms with Gasteiger partial charge in [0, 0.05) is 23.4 Å². The maximum Gasteiger partial charge on any atom is 0.510 e. The molecular formula is C25H28N4O11S. The molecule has 2 aromatic heterocycles. The number of fused-ring (bicyclic) bond motifs is 1. The summed E-state index contributed by atoms with van der Waals surface area (Å²) in [6.07, 6.45) is 0.902. The number of hydrogen-bond donors (Lipinski definition) is 0. The molecular weight excluding hydrogens is 564 g/mol. The first-order valence-electron chi connectivity index (χ1n) is 12.0. The smallest absolute Gasteiger partial charge is 0.497 e. The average Bonchev–Trinajstić information content (AvgIpc) is 3.30. The minimum absolute atomic E-state index is 0.0329. The van der Waals surface area contributed by atoms with E-state index in [-0.39, 0.29) is 24.1 Å². The van der Waals surface area contributed by atoms with Gasteiger partial charge in [0.15, 0.2) is 0 Å². The van der Waals surface area contributed by atoms with Crippen molar-refractivity contribution in [2.75, 3.05) is 27.4 Å². The zero-order valence-corrected chi connectivity index (χ0v) is 23.7. The minimum atomic E-state index is -1.81. The van der Waals surface area contributed by atoms with Crippen LogP contribution in [0.3, 0.4) is 0 Å². The first-order chi connectivity index (χ1) is 19.5. The van der Waals surface area contributed by atoms with Crippen molar-refractivity contribution in [3.8, 4) is 11.5 Å². The molecule has 3 aromatic rings. The molecule has 0 amide bonds. The summed E-state index contributed by atoms with van der Waals surface area (Å²) in [5.74, 6) is 1.09. The van der Waals surface area contributed by atoms with Crippen LogP contribution in [0, 0.1) is 24.0 Å². The second-order valence-corrected chi connectivity index (χ2v) is 9.59. The molecule has 0 saturated carbocycles. The van der Waals surface area contributed by atoms with E-state index in [4.69, 9.17) is 18.9 Å². The molecule has 0 aliphatic heterocycles. The Morgan fingerprint density at radius 1 is 1.15 bits per heavy atom. The lowest BCUT2D eigenvalue weighted by Crippen LogP contribution is -2.21. The second-order valence-electron chi connectivity index (χ2n) is 8.24. The molecule has 16 heteroatoms. The molecule has 0 N–H and O–H groups in total. The highest BCUT2D eigenvalue weighted by atomic mass is 32.2. The van der Waals surface area contributed by atoms with Crippen molar-refractivity contribution >= 4 is 34.1 Å². The van der Waals surface area contributed by atoms with Crippen molar-refractivity contribution in [2.45, 2.75) is 38.0 Å². The summed E-state index contributed by atoms with van der Waals surface area (Å²) in [6, 6.07) is 4.83. The quantitative estimate of drug-likeness (QED) is 0.0979. The number of nitrogens with zero attached hydrogens (tertiary/aromatic N) is 4. The summed E-state index contributed by atoms with van der Waals surface area (Å²) < 4.78 is 39.8. The van der Waals surface area contributed by atoms with Crippen molar-refractivity contribution < 1.29 is 47.4 Å². The first-order valence-corrected chi connectivity index (χ1v) is 13.3. The van der Waals surface area contributed by atoms with Gasteiger partial charge >= 0.3 is 12.2 Å². The number of carbonyl (C=O) groups is 2. The molecule has 0 aliphatic rings. The molecule has 0 fully saturated rings. The topological polar surface area (TPSA) is 180 Å². The number of benzene rings is 1. The van der Waals surface area contributed by atoms with Crippen LogP contribution in [-0.2, 0) is 35.6 Å². The van der Waals surface area contributed by atoms with Crippen LogP contribution < -0.4 is 9.47 Å². The molecule has 0 radical (unpaired) electrons. The van der Waals surface area contributed by atoms with Gasteiger partial charge < -0.3 is 23.7 Å². The van der Waals surface area contributed by atoms with Crippen LogP contribution in [0.25, 0.3) is 11.0 Å². The Morgan fingerprint density at radius 3 is 2.51 bits per heavy atom. The molecule has 0 saturated heterocycles. The lowest BCUT2D eigenvalue weighted by Gasteiger charge is -2.12. The van der Waals surface area contributed by atoms with E-state index in [0.717, 1.165) is 22.6 Å². The normalized spacial score (nSPS) is 12.5. The fourth-order valence-electron chi connectivity index (χ4n) is 3.65. The van der Waals surface area contributed by atoms with E-state index >= 15 is 0 Å². The molecule has 0 aliphatic carbocycles. The van der Waals surface area contributed by atoms with Gasteiger partial charge in [0.1, 0.15) is 24.7 Å². The number of hydrogen-bond acceptors (Lipinski definition) is 13. The van der Waals surface area contributed by atoms with E-state index < -0.39 is 34.4 Å². The van der Waals surface area contributed by atoms with Crippen molar-refractivity contribution in [1.82, 2.24) is 14.5 Å². The van der Waals surface area contributed by atoms with Crippen LogP contribution in [0.2, 0.25) is 0 Å². The number of pyridine rings is 1. The van der Waals surface area contributed by atoms with E-state index in [1.807, 2.05) is 13.8 Å². The van der Waals surface area contributed by atoms with Gasteiger partial charge in [0.05, 0.1) is 47.5 Å². The van der Waals surface area contributed by atoms with E-state index in [1.54, 1.807) is 31.5 Å². The summed E-state index contributed by atoms with van der Waals surface area (Å²) in [5, 5.41) is 9.07. The van der Waals surface area contributed by atoms with Crippen LogP contribution in [-0.4, -0.2) is 69.8 Å². The standard InChI is InChI=1S/C25H28N4O11S/c1-15-13-26-20(16(2)22(15)36-5)14-41(34)23-27-19-12-18(35-4)8-9-21(19)28(23)24(30)37-10-6-7-11-38-25(31)39-17(3)40-29(32)33/h6-9,12-13,17H,10-11,14H2,1-5H3/b7-6-. The number of carbonyl (C=O) groups excluding carboxylic acids is 2. The molecule has 2 heterocycles. The van der Waals surface area contributed by atoms with Gasteiger partial charge in [-0.15, -0.1) is 10.1 Å². The van der Waals surface area contributed by atoms with Crippen molar-refractivity contribution in [2.24, 2.45) is 0 Å². The maximum absolute atomic E-state index is 13.5. The Bertz CT molecular complexity index is 1490. The molecule has 220 valence electrons. The number of ether oxygens (including phenoxy) is 5. The molecule has 41 heavy (non-hydrogen) atoms. The zero-order chi connectivity index (χ0) is 30.1. The predicted octanol–water partition coefficient (Wildman–Crippen LogP) is 3.62. The third kappa shape index (κ3) is 7.91. The van der Waals surface area contributed by atoms with Crippen LogP contribution in [0.5, 0.6) is 11.5 Å². The molecule has 3 rings (SSSR count). The molecule has 0 bridgehead atoms. The van der Waals surface area contributed by atoms with Crippen molar-refractivity contribution in [3.63, 3.8) is 0 Å². The largest absolute Gasteiger partial charge is 0.510 e. The Morgan fingerprint density at radius 2 is 1.85 bits per heavy atom. The van der Waals surface area contributed by atoms with E-state index in [2.05, 4.69) is 19.5 Å². The number of methoxy groups -OCH3 is 2. The second kappa shape index (κ2) is 14.1. The Labute approximate surface area is 236 Å². The zero-order valence-electron chi connectivity index (χ0n) is 22.9. The number of aryl methyl sites for hydroxylation is 1. The summed E-state index contributed by atoms with van der Waals surface area (Å²) in [6.45, 7) is 4.31. The van der Waals surface area contributed by atoms with Gasteiger partial charge in [0.25, 0.3) is 5.09 Å². The Balaban J connectivity index is 1.72. The van der Waals surface area contributed by atoms with Gasteiger partial charge in [-0.3, -0.25) is 14.0 Å². The van der Waals surface area contributed by atoms with Gasteiger partial charge in [-0.25, -0.2) is 19.1 Å². The summed E-state index contributed by atoms with van der Waals surface area (Å²) >= 11 is 0. The summed E-state index contributed by atoms with van der Waals surface area (Å²) in [7, 11) is 1.22. The van der Waals surface area contributed by atoms with E-state index in [1.165, 1.54) is 19.3 Å². The van der Waals surface area contributed by atoms with Crippen LogP contribution in [0.4, 0.5) is 9.59 Å². The minimum Gasteiger partial charge on any atom is -0.497 e. The third-order valence-electron chi connectivity index (χ3n) is 5.50. The monoisotopic (exact) mass is 592 g/mol. The molecule has 2 unspecified atom stereocenters. The fraction of sp³-hybridized carbons (Fsp3) is 0.360. The van der Waals surface area contributed by atoms with Crippen LogP contribution in [0.1, 0.15) is 23.7 Å². The van der Waals surface area contributed by atoms with Gasteiger partial charge in [0.2, 0.25) is 11.4 Å². The first kappa shape index (κ1) is 30.8. The summed E-state index contributed by atoms with van der Waals surface area (Å²) in [5.41, 5.74) is 2.80. The predicted molar refractivity (Wildman–Crippen MR) is 143 cm³/mol. The van der Waals surface area contributed by atoms with E-state index in [9.17, 15) is 23.9 Å². The fourth-order valence-corrected chi connectivity index (χ4v) is 4.89. The van der Waals surface area contributed by atoms with Crippen LogP contribution in [0.15, 0.2) is 41.7 Å². The third-order valence-corrected chi connectivity index (χ3v) is 6.72. The van der Waals surface area contributed by atoms with Crippen LogP contribution >= 0.6 is 0 Å². The van der Waals surface area contributed by atoms with Gasteiger partial charge in [-0.1, -0.05) is 0 Å². The highest BCUT2D eigenvalue weighted by molar-refractivity contribution is 7.84. The molecule has 2 atom stereocenters. The molecule has 0 spiro atoms. The molecule has 15 nitrogen and oxygen atoms in total. The average molecular weight is 593 g/mol. The van der Waals surface area contributed by atoms with Gasteiger partial charge in [-0.2, -0.15) is 0 Å². The highest BCUT2D eigenvalue weighted by Crippen LogP contribution is 2.28. The molecule has 1 aromatic carbocycles.